The second-order valence-electron chi connectivity index (χ2n) is 6.39. The van der Waals surface area contributed by atoms with Gasteiger partial charge in [0.1, 0.15) is 0 Å². The minimum Gasteiger partial charge on any atom is -0.388 e. The molecule has 2 aromatic carbocycles. The Kier molecular flexibility index (Phi) is 5.98. The fourth-order valence-electron chi connectivity index (χ4n) is 3.11. The van der Waals surface area contributed by atoms with Gasteiger partial charge in [-0.3, -0.25) is 0 Å². The van der Waals surface area contributed by atoms with Crippen LogP contribution >= 0.6 is 0 Å². The highest BCUT2D eigenvalue weighted by Gasteiger charge is 2.34. The van der Waals surface area contributed by atoms with Gasteiger partial charge in [-0.15, -0.1) is 0 Å². The Morgan fingerprint density at radius 3 is 2.14 bits per heavy atom. The molecule has 2 aromatic rings. The number of nitrogens with two attached hydrogens (primary N) is 1. The minimum atomic E-state index is -0.797. The molecule has 0 fully saturated rings. The highest BCUT2D eigenvalue weighted by molar-refractivity contribution is 5.83. The van der Waals surface area contributed by atoms with Gasteiger partial charge in [0.25, 0.3) is 0 Å². The summed E-state index contributed by atoms with van der Waals surface area (Å²) in [5.74, 6) is 0. The van der Waals surface area contributed by atoms with Crippen LogP contribution in [0.1, 0.15) is 64.0 Å². The monoisotopic (exact) mass is 299 g/mol. The van der Waals surface area contributed by atoms with Crippen molar-refractivity contribution in [3.8, 4) is 0 Å². The maximum Gasteiger partial charge on any atom is 0.0839 e. The van der Waals surface area contributed by atoms with Crippen molar-refractivity contribution in [3.05, 3.63) is 48.0 Å². The van der Waals surface area contributed by atoms with Crippen molar-refractivity contribution in [2.75, 3.05) is 0 Å². The van der Waals surface area contributed by atoms with Gasteiger partial charge in [-0.25, -0.2) is 0 Å². The summed E-state index contributed by atoms with van der Waals surface area (Å²) in [6.45, 7) is 4.31. The zero-order chi connectivity index (χ0) is 16.0. The van der Waals surface area contributed by atoms with E-state index in [1.807, 2.05) is 12.1 Å². The molecule has 0 saturated heterocycles. The fourth-order valence-corrected chi connectivity index (χ4v) is 3.11. The molecular formula is C20H29NO. The lowest BCUT2D eigenvalue weighted by Gasteiger charge is -2.35. The molecule has 0 saturated carbocycles. The molecule has 0 amide bonds. The van der Waals surface area contributed by atoms with Crippen molar-refractivity contribution >= 4 is 10.8 Å². The molecule has 0 aromatic heterocycles. The molecular weight excluding hydrogens is 270 g/mol. The summed E-state index contributed by atoms with van der Waals surface area (Å²) in [5.41, 5.74) is 6.73. The highest BCUT2D eigenvalue weighted by atomic mass is 16.3. The zero-order valence-corrected chi connectivity index (χ0v) is 13.9. The maximum absolute atomic E-state index is 11.1. The quantitative estimate of drug-likeness (QED) is 0.724. The minimum absolute atomic E-state index is 0.324. The van der Waals surface area contributed by atoms with Gasteiger partial charge in [0.15, 0.2) is 0 Å². The lowest BCUT2D eigenvalue weighted by atomic mass is 9.81. The molecule has 120 valence electrons. The van der Waals surface area contributed by atoms with Crippen LogP contribution in [0.3, 0.4) is 0 Å². The first kappa shape index (κ1) is 17.0. The van der Waals surface area contributed by atoms with E-state index in [1.165, 1.54) is 10.8 Å². The van der Waals surface area contributed by atoms with Crippen LogP contribution in [0.4, 0.5) is 0 Å². The second-order valence-corrected chi connectivity index (χ2v) is 6.39. The molecule has 0 heterocycles. The van der Waals surface area contributed by atoms with E-state index in [1.54, 1.807) is 0 Å². The molecule has 2 nitrogen and oxygen atoms in total. The van der Waals surface area contributed by atoms with Crippen LogP contribution in [0.2, 0.25) is 0 Å². The third-order valence-corrected chi connectivity index (χ3v) is 4.64. The lowest BCUT2D eigenvalue weighted by Crippen LogP contribution is -2.41. The summed E-state index contributed by atoms with van der Waals surface area (Å²) in [6, 6.07) is 14.3. The van der Waals surface area contributed by atoms with E-state index in [4.69, 9.17) is 5.73 Å². The molecule has 2 rings (SSSR count). The van der Waals surface area contributed by atoms with Crippen molar-refractivity contribution in [2.24, 2.45) is 5.73 Å². The molecule has 0 radical (unpaired) electrons. The number of aliphatic hydroxyl groups is 1. The van der Waals surface area contributed by atoms with E-state index in [0.717, 1.165) is 44.1 Å². The molecule has 22 heavy (non-hydrogen) atoms. The molecule has 0 aliphatic rings. The Morgan fingerprint density at radius 1 is 0.955 bits per heavy atom. The van der Waals surface area contributed by atoms with Crippen molar-refractivity contribution in [2.45, 2.75) is 64.0 Å². The summed E-state index contributed by atoms with van der Waals surface area (Å²) in [4.78, 5) is 0. The van der Waals surface area contributed by atoms with Crippen molar-refractivity contribution in [3.63, 3.8) is 0 Å². The molecule has 3 N–H and O–H groups in total. The molecule has 1 atom stereocenters. The molecule has 2 heteroatoms. The lowest BCUT2D eigenvalue weighted by molar-refractivity contribution is -0.00700. The van der Waals surface area contributed by atoms with Gasteiger partial charge in [0.2, 0.25) is 0 Å². The first-order valence-corrected chi connectivity index (χ1v) is 8.57. The van der Waals surface area contributed by atoms with Crippen molar-refractivity contribution < 1.29 is 5.11 Å². The number of benzene rings is 2. The van der Waals surface area contributed by atoms with E-state index >= 15 is 0 Å². The average Bonchev–Trinajstić information content (AvgIpc) is 2.57. The molecule has 0 aliphatic carbocycles. The van der Waals surface area contributed by atoms with Gasteiger partial charge in [0, 0.05) is 0 Å². The predicted molar refractivity (Wildman–Crippen MR) is 94.9 cm³/mol. The predicted octanol–water partition coefficient (Wildman–Crippen LogP) is 4.95. The second kappa shape index (κ2) is 7.75. The summed E-state index contributed by atoms with van der Waals surface area (Å²) >= 11 is 0. The zero-order valence-electron chi connectivity index (χ0n) is 13.9. The van der Waals surface area contributed by atoms with Crippen LogP contribution in [-0.2, 0) is 0 Å². The van der Waals surface area contributed by atoms with Gasteiger partial charge in [-0.05, 0) is 35.2 Å². The van der Waals surface area contributed by atoms with E-state index in [0.29, 0.717) is 0 Å². The topological polar surface area (TPSA) is 46.2 Å². The number of hydrogen-bond acceptors (Lipinski definition) is 2. The molecule has 1 unspecified atom stereocenters. The Hall–Kier alpha value is -1.38. The Labute approximate surface area is 134 Å². The number of hydrogen-bond donors (Lipinski definition) is 2. The van der Waals surface area contributed by atoms with Gasteiger partial charge in [0.05, 0.1) is 11.6 Å². The van der Waals surface area contributed by atoms with Gasteiger partial charge in [-0.2, -0.15) is 0 Å². The summed E-state index contributed by atoms with van der Waals surface area (Å²) < 4.78 is 0. The fraction of sp³-hybridized carbons (Fsp3) is 0.500. The normalized spacial score (nSPS) is 13.5. The maximum atomic E-state index is 11.1. The standard InChI is InChI=1S/C20H29NO/c1-3-5-13-20(22,14-6-4-2)19(21)18-12-11-16-9-7-8-10-17(16)15-18/h7-12,15,19,22H,3-6,13-14,21H2,1-2H3. The van der Waals surface area contributed by atoms with Crippen molar-refractivity contribution in [1.82, 2.24) is 0 Å². The molecule has 0 aliphatic heterocycles. The number of unbranched alkanes of at least 4 members (excludes halogenated alkanes) is 2. The summed E-state index contributed by atoms with van der Waals surface area (Å²) in [5, 5.41) is 13.5. The largest absolute Gasteiger partial charge is 0.388 e. The van der Waals surface area contributed by atoms with Crippen LogP contribution in [0.5, 0.6) is 0 Å². The highest BCUT2D eigenvalue weighted by Crippen LogP contribution is 2.34. The SMILES string of the molecule is CCCCC(O)(CCCC)C(N)c1ccc2ccccc2c1. The summed E-state index contributed by atoms with van der Waals surface area (Å²) in [6.07, 6.45) is 5.75. The van der Waals surface area contributed by atoms with E-state index in [2.05, 4.69) is 44.2 Å². The van der Waals surface area contributed by atoms with Crippen LogP contribution in [0.25, 0.3) is 10.8 Å². The van der Waals surface area contributed by atoms with Crippen LogP contribution < -0.4 is 5.73 Å². The molecule has 0 spiro atoms. The van der Waals surface area contributed by atoms with Crippen molar-refractivity contribution in [1.29, 1.82) is 0 Å². The van der Waals surface area contributed by atoms with E-state index < -0.39 is 5.60 Å². The average molecular weight is 299 g/mol. The summed E-state index contributed by atoms with van der Waals surface area (Å²) in [7, 11) is 0. The number of rotatable bonds is 8. The van der Waals surface area contributed by atoms with E-state index in [-0.39, 0.29) is 6.04 Å². The number of fused-ring (bicyclic) bond motifs is 1. The van der Waals surface area contributed by atoms with Gasteiger partial charge in [-0.1, -0.05) is 75.9 Å². The van der Waals surface area contributed by atoms with Crippen LogP contribution in [0, 0.1) is 0 Å². The van der Waals surface area contributed by atoms with E-state index in [9.17, 15) is 5.11 Å². The van der Waals surface area contributed by atoms with Crippen LogP contribution in [0.15, 0.2) is 42.5 Å². The smallest absolute Gasteiger partial charge is 0.0839 e. The first-order chi connectivity index (χ1) is 10.6. The van der Waals surface area contributed by atoms with Gasteiger partial charge < -0.3 is 10.8 Å². The van der Waals surface area contributed by atoms with Crippen LogP contribution in [-0.4, -0.2) is 10.7 Å². The Balaban J connectivity index is 2.28. The third kappa shape index (κ3) is 3.88. The Bertz CT molecular complexity index is 585. The Morgan fingerprint density at radius 2 is 1.55 bits per heavy atom. The third-order valence-electron chi connectivity index (χ3n) is 4.64. The molecule has 0 bridgehead atoms. The first-order valence-electron chi connectivity index (χ1n) is 8.57. The van der Waals surface area contributed by atoms with Gasteiger partial charge >= 0.3 is 0 Å².